The molecule has 0 aliphatic heterocycles. The summed E-state index contributed by atoms with van der Waals surface area (Å²) in [4.78, 5) is 1.14. The van der Waals surface area contributed by atoms with Crippen molar-refractivity contribution < 1.29 is 13.6 Å². The molecule has 1 rings (SSSR count). The number of halogens is 1. The summed E-state index contributed by atoms with van der Waals surface area (Å²) >= 11 is 5.00. The van der Waals surface area contributed by atoms with E-state index in [1.165, 1.54) is 0 Å². The Labute approximate surface area is 114 Å². The fourth-order valence-corrected chi connectivity index (χ4v) is 3.70. The summed E-state index contributed by atoms with van der Waals surface area (Å²) in [5.41, 5.74) is 0. The van der Waals surface area contributed by atoms with Gasteiger partial charge in [-0.3, -0.25) is 9.05 Å². The van der Waals surface area contributed by atoms with E-state index in [0.29, 0.717) is 19.6 Å². The molecule has 0 fully saturated rings. The van der Waals surface area contributed by atoms with Gasteiger partial charge in [-0.05, 0) is 41.9 Å². The lowest BCUT2D eigenvalue weighted by molar-refractivity contribution is 0.221. The lowest BCUT2D eigenvalue weighted by Crippen LogP contribution is -1.94. The fourth-order valence-electron chi connectivity index (χ4n) is 1.12. The van der Waals surface area contributed by atoms with Crippen LogP contribution in [0.4, 0.5) is 0 Å². The molecule has 17 heavy (non-hydrogen) atoms. The minimum atomic E-state index is -3.29. The molecule has 0 bridgehead atoms. The molecule has 0 atom stereocenters. The van der Waals surface area contributed by atoms with Gasteiger partial charge < -0.3 is 0 Å². The van der Waals surface area contributed by atoms with E-state index < -0.39 is 7.75 Å². The summed E-state index contributed by atoms with van der Waals surface area (Å²) < 4.78 is 27.0. The molecule has 0 saturated carbocycles. The molecule has 0 aliphatic carbocycles. The second-order valence-corrected chi connectivity index (χ2v) is 7.24. The van der Waals surface area contributed by atoms with Crippen molar-refractivity contribution >= 4 is 41.2 Å². The quantitative estimate of drug-likeness (QED) is 0.549. The van der Waals surface area contributed by atoms with E-state index in [4.69, 9.17) is 9.05 Å². The van der Waals surface area contributed by atoms with Gasteiger partial charge in [-0.2, -0.15) is 4.76 Å². The van der Waals surface area contributed by atoms with Gasteiger partial charge in [-0.1, -0.05) is 0 Å². The van der Waals surface area contributed by atoms with Crippen molar-refractivity contribution in [3.63, 3.8) is 0 Å². The van der Waals surface area contributed by atoms with Crippen molar-refractivity contribution in [2.75, 3.05) is 13.2 Å². The highest BCUT2D eigenvalue weighted by atomic mass is 79.9. The number of rotatable bonds is 7. The Kier molecular flexibility index (Phi) is 6.59. The number of nitrogens with zero attached hydrogens (tertiary/aromatic N) is 1. The van der Waals surface area contributed by atoms with Gasteiger partial charge in [-0.15, -0.1) is 11.3 Å². The van der Waals surface area contributed by atoms with Crippen LogP contribution >= 0.6 is 35.0 Å². The van der Waals surface area contributed by atoms with E-state index in [9.17, 15) is 4.57 Å². The molecule has 1 aromatic heterocycles. The van der Waals surface area contributed by atoms with Crippen LogP contribution in [0.3, 0.4) is 0 Å². The van der Waals surface area contributed by atoms with Crippen LogP contribution in [0.5, 0.6) is 0 Å². The highest BCUT2D eigenvalue weighted by molar-refractivity contribution is 9.11. The Hall–Kier alpha value is -0.0000000000000000486. The molecule has 0 unspecified atom stereocenters. The zero-order valence-electron chi connectivity index (χ0n) is 9.76. The molecule has 0 radical (unpaired) electrons. The largest absolute Gasteiger partial charge is 0.453 e. The monoisotopic (exact) mass is 339 g/mol. The first kappa shape index (κ1) is 15.1. The van der Waals surface area contributed by atoms with E-state index in [1.807, 2.05) is 12.1 Å². The lowest BCUT2D eigenvalue weighted by Gasteiger charge is -2.10. The Morgan fingerprint density at radius 3 is 2.53 bits per heavy atom. The van der Waals surface area contributed by atoms with E-state index in [0.717, 1.165) is 8.66 Å². The summed E-state index contributed by atoms with van der Waals surface area (Å²) in [6, 6.07) is 3.96. The van der Waals surface area contributed by atoms with Gasteiger partial charge >= 0.3 is 7.75 Å². The van der Waals surface area contributed by atoms with Gasteiger partial charge in [0, 0.05) is 17.5 Å². The second-order valence-electron chi connectivity index (χ2n) is 3.01. The van der Waals surface area contributed by atoms with Crippen LogP contribution in [0.15, 0.2) is 20.7 Å². The maximum Gasteiger partial charge on any atom is 0.453 e. The first-order chi connectivity index (χ1) is 8.09. The molecule has 1 heterocycles. The van der Waals surface area contributed by atoms with Crippen molar-refractivity contribution in [1.82, 2.24) is 0 Å². The van der Waals surface area contributed by atoms with E-state index in [1.54, 1.807) is 31.4 Å². The summed E-state index contributed by atoms with van der Waals surface area (Å²) in [5.74, 6) is 0. The summed E-state index contributed by atoms with van der Waals surface area (Å²) in [6.07, 6.45) is 2.21. The molecular formula is C10H15BrNO3PS. The topological polar surface area (TPSA) is 47.9 Å². The molecule has 0 aliphatic rings. The van der Waals surface area contributed by atoms with Crippen LogP contribution in [0.25, 0.3) is 0 Å². The average molecular weight is 340 g/mol. The Morgan fingerprint density at radius 2 is 2.06 bits per heavy atom. The third-order valence-corrected chi connectivity index (χ3v) is 4.99. The van der Waals surface area contributed by atoms with Gasteiger partial charge in [0.15, 0.2) is 0 Å². The minimum absolute atomic E-state index is 0.319. The number of hydrogen-bond donors (Lipinski definition) is 0. The van der Waals surface area contributed by atoms with Gasteiger partial charge in [-0.25, -0.2) is 4.57 Å². The van der Waals surface area contributed by atoms with Crippen LogP contribution in [0, 0.1) is 0 Å². The zero-order chi connectivity index (χ0) is 12.7. The highest BCUT2D eigenvalue weighted by Crippen LogP contribution is 2.49. The normalized spacial score (nSPS) is 12.4. The maximum atomic E-state index is 12.0. The van der Waals surface area contributed by atoms with Crippen LogP contribution in [0.1, 0.15) is 18.7 Å². The molecule has 0 saturated heterocycles. The minimum Gasteiger partial charge on any atom is -0.291 e. The molecule has 0 spiro atoms. The third-order valence-electron chi connectivity index (χ3n) is 1.73. The standard InChI is InChI=1S/C10H15BrNO3PS/c1-3-14-16(13,15-4-2)12-8-7-9-5-6-10(11)17-9/h5-6,8H,3-4,7H2,1-2H3. The van der Waals surface area contributed by atoms with E-state index in [-0.39, 0.29) is 0 Å². The van der Waals surface area contributed by atoms with Gasteiger partial charge in [0.25, 0.3) is 0 Å². The molecular weight excluding hydrogens is 325 g/mol. The van der Waals surface area contributed by atoms with Gasteiger partial charge in [0.05, 0.1) is 17.0 Å². The predicted octanol–water partition coefficient (Wildman–Crippen LogP) is 4.31. The predicted molar refractivity (Wildman–Crippen MR) is 75.1 cm³/mol. The average Bonchev–Trinajstić information content (AvgIpc) is 2.65. The first-order valence-electron chi connectivity index (χ1n) is 5.27. The van der Waals surface area contributed by atoms with Crippen molar-refractivity contribution in [3.05, 3.63) is 20.8 Å². The summed E-state index contributed by atoms with van der Waals surface area (Å²) in [7, 11) is -3.29. The lowest BCUT2D eigenvalue weighted by atomic mass is 10.4. The molecule has 7 heteroatoms. The number of hydrogen-bond acceptors (Lipinski definition) is 4. The third kappa shape index (κ3) is 5.44. The molecule has 0 aromatic carbocycles. The summed E-state index contributed by atoms with van der Waals surface area (Å²) in [6.45, 7) is 4.16. The maximum absolute atomic E-state index is 12.0. The molecule has 0 N–H and O–H groups in total. The van der Waals surface area contributed by atoms with Crippen molar-refractivity contribution in [1.29, 1.82) is 0 Å². The molecule has 4 nitrogen and oxygen atoms in total. The second kappa shape index (κ2) is 7.44. The first-order valence-corrected chi connectivity index (χ1v) is 8.37. The highest BCUT2D eigenvalue weighted by Gasteiger charge is 2.20. The van der Waals surface area contributed by atoms with Crippen LogP contribution < -0.4 is 0 Å². The SMILES string of the molecule is CCOP(=O)(N=CCc1ccc(Br)s1)OCC. The molecule has 96 valence electrons. The summed E-state index contributed by atoms with van der Waals surface area (Å²) in [5, 5.41) is 0. The van der Waals surface area contributed by atoms with Crippen LogP contribution in [-0.4, -0.2) is 19.4 Å². The smallest absolute Gasteiger partial charge is 0.291 e. The van der Waals surface area contributed by atoms with Gasteiger partial charge in [0.1, 0.15) is 0 Å². The van der Waals surface area contributed by atoms with E-state index in [2.05, 4.69) is 20.7 Å². The Morgan fingerprint density at radius 1 is 1.41 bits per heavy atom. The number of thiophene rings is 1. The van der Waals surface area contributed by atoms with Crippen LogP contribution in [-0.2, 0) is 20.0 Å². The molecule has 1 aromatic rings. The van der Waals surface area contributed by atoms with Gasteiger partial charge in [0.2, 0.25) is 0 Å². The van der Waals surface area contributed by atoms with E-state index >= 15 is 0 Å². The van der Waals surface area contributed by atoms with Crippen molar-refractivity contribution in [2.24, 2.45) is 4.76 Å². The Bertz CT molecular complexity index is 411. The van der Waals surface area contributed by atoms with Crippen molar-refractivity contribution in [2.45, 2.75) is 20.3 Å². The molecule has 0 amide bonds. The zero-order valence-corrected chi connectivity index (χ0v) is 13.1. The van der Waals surface area contributed by atoms with Crippen molar-refractivity contribution in [3.8, 4) is 0 Å². The Balaban J connectivity index is 2.58. The fraction of sp³-hybridized carbons (Fsp3) is 0.500. The van der Waals surface area contributed by atoms with Crippen LogP contribution in [0.2, 0.25) is 0 Å².